The van der Waals surface area contributed by atoms with Gasteiger partial charge in [-0.05, 0) is 32.8 Å². The molecule has 1 amide bonds. The maximum Gasteiger partial charge on any atom is 0.408 e. The van der Waals surface area contributed by atoms with Crippen LogP contribution in [0.5, 0.6) is 0 Å². The molecule has 0 spiro atoms. The molecule has 1 aromatic carbocycles. The van der Waals surface area contributed by atoms with Gasteiger partial charge in [-0.3, -0.25) is 4.79 Å². The van der Waals surface area contributed by atoms with Crippen molar-refractivity contribution in [2.24, 2.45) is 0 Å². The summed E-state index contributed by atoms with van der Waals surface area (Å²) in [6, 6.07) is 8.15. The molecular formula is C18H25NO6. The molecule has 1 rings (SSSR count). The zero-order valence-corrected chi connectivity index (χ0v) is 15.0. The highest BCUT2D eigenvalue weighted by Crippen LogP contribution is 2.11. The molecule has 0 heterocycles. The maximum atomic E-state index is 11.9. The molecule has 7 heteroatoms. The summed E-state index contributed by atoms with van der Waals surface area (Å²) >= 11 is 0. The van der Waals surface area contributed by atoms with E-state index in [2.05, 4.69) is 10.1 Å². The Kier molecular flexibility index (Phi) is 7.91. The minimum atomic E-state index is -0.985. The molecule has 7 nitrogen and oxygen atoms in total. The van der Waals surface area contributed by atoms with E-state index in [4.69, 9.17) is 9.47 Å². The van der Waals surface area contributed by atoms with Crippen LogP contribution in [0.15, 0.2) is 30.3 Å². The third-order valence-corrected chi connectivity index (χ3v) is 3.05. The Morgan fingerprint density at radius 3 is 2.32 bits per heavy atom. The second-order valence-electron chi connectivity index (χ2n) is 6.41. The number of ether oxygens (including phenoxy) is 3. The zero-order valence-electron chi connectivity index (χ0n) is 15.0. The summed E-state index contributed by atoms with van der Waals surface area (Å²) in [5.41, 5.74) is 0.209. The molecule has 0 saturated heterocycles. The third kappa shape index (κ3) is 8.74. The van der Waals surface area contributed by atoms with E-state index in [-0.39, 0.29) is 19.4 Å². The Labute approximate surface area is 147 Å². The van der Waals surface area contributed by atoms with Crippen molar-refractivity contribution in [1.29, 1.82) is 0 Å². The number of carbonyl (C=O) groups excluding carboxylic acids is 3. The molecule has 0 aliphatic carbocycles. The fourth-order valence-corrected chi connectivity index (χ4v) is 1.95. The summed E-state index contributed by atoms with van der Waals surface area (Å²) in [5.74, 6) is -1.11. The average molecular weight is 351 g/mol. The van der Waals surface area contributed by atoms with Crippen molar-refractivity contribution in [3.63, 3.8) is 0 Å². The molecule has 1 unspecified atom stereocenters. The first kappa shape index (κ1) is 20.5. The highest BCUT2D eigenvalue weighted by atomic mass is 16.6. The number of nitrogens with one attached hydrogen (secondary N) is 1. The van der Waals surface area contributed by atoms with Gasteiger partial charge in [0, 0.05) is 6.42 Å². The number of hydrogen-bond acceptors (Lipinski definition) is 6. The van der Waals surface area contributed by atoms with Gasteiger partial charge >= 0.3 is 18.0 Å². The number of amides is 1. The molecule has 0 radical (unpaired) electrons. The van der Waals surface area contributed by atoms with E-state index >= 15 is 0 Å². The first-order valence-corrected chi connectivity index (χ1v) is 7.98. The van der Waals surface area contributed by atoms with Crippen LogP contribution in [0, 0.1) is 0 Å². The van der Waals surface area contributed by atoms with E-state index in [1.165, 1.54) is 7.11 Å². The quantitative estimate of drug-likeness (QED) is 0.600. The van der Waals surface area contributed by atoms with Gasteiger partial charge in [-0.15, -0.1) is 0 Å². The predicted octanol–water partition coefficient (Wildman–Crippen LogP) is 2.58. The van der Waals surface area contributed by atoms with Crippen LogP contribution in [-0.4, -0.2) is 36.8 Å². The van der Waals surface area contributed by atoms with Gasteiger partial charge in [-0.1, -0.05) is 30.3 Å². The van der Waals surface area contributed by atoms with E-state index in [0.29, 0.717) is 0 Å². The summed E-state index contributed by atoms with van der Waals surface area (Å²) in [5, 5.41) is 2.41. The topological polar surface area (TPSA) is 90.9 Å². The van der Waals surface area contributed by atoms with Crippen molar-refractivity contribution in [2.45, 2.75) is 51.9 Å². The van der Waals surface area contributed by atoms with Gasteiger partial charge in [0.05, 0.1) is 7.11 Å². The second-order valence-corrected chi connectivity index (χ2v) is 6.41. The Morgan fingerprint density at radius 2 is 1.76 bits per heavy atom. The molecular weight excluding hydrogens is 326 g/mol. The van der Waals surface area contributed by atoms with Crippen molar-refractivity contribution in [2.75, 3.05) is 7.11 Å². The first-order chi connectivity index (χ1) is 11.7. The molecule has 0 aliphatic heterocycles. The minimum absolute atomic E-state index is 0.0317. The van der Waals surface area contributed by atoms with Crippen LogP contribution < -0.4 is 5.32 Å². The smallest absolute Gasteiger partial charge is 0.408 e. The van der Waals surface area contributed by atoms with Crippen LogP contribution in [0.2, 0.25) is 0 Å². The van der Waals surface area contributed by atoms with Crippen molar-refractivity contribution in [1.82, 2.24) is 5.32 Å². The normalized spacial score (nSPS) is 12.0. The maximum absolute atomic E-state index is 11.9. The third-order valence-electron chi connectivity index (χ3n) is 3.05. The van der Waals surface area contributed by atoms with Crippen molar-refractivity contribution in [3.05, 3.63) is 35.9 Å². The van der Waals surface area contributed by atoms with E-state index < -0.39 is 29.7 Å². The van der Waals surface area contributed by atoms with Crippen LogP contribution >= 0.6 is 0 Å². The summed E-state index contributed by atoms with van der Waals surface area (Å²) in [6.45, 7) is 5.33. The first-order valence-electron chi connectivity index (χ1n) is 7.98. The largest absolute Gasteiger partial charge is 0.467 e. The van der Waals surface area contributed by atoms with E-state index in [0.717, 1.165) is 5.56 Å². The molecule has 0 aliphatic rings. The predicted molar refractivity (Wildman–Crippen MR) is 90.6 cm³/mol. The van der Waals surface area contributed by atoms with Gasteiger partial charge in [0.25, 0.3) is 0 Å². The monoisotopic (exact) mass is 351 g/mol. The number of benzene rings is 1. The van der Waals surface area contributed by atoms with Gasteiger partial charge in [-0.25, -0.2) is 9.59 Å². The SMILES string of the molecule is COC(=O)C(CCC(=O)OC(C)(C)C)NC(=O)OCc1ccccc1. The van der Waals surface area contributed by atoms with Crippen molar-refractivity contribution < 1.29 is 28.6 Å². The number of esters is 2. The van der Waals surface area contributed by atoms with E-state index in [1.807, 2.05) is 30.3 Å². The van der Waals surface area contributed by atoms with E-state index in [9.17, 15) is 14.4 Å². The van der Waals surface area contributed by atoms with Crippen molar-refractivity contribution in [3.8, 4) is 0 Å². The molecule has 1 aromatic rings. The molecule has 138 valence electrons. The lowest BCUT2D eigenvalue weighted by atomic mass is 10.1. The zero-order chi connectivity index (χ0) is 18.9. The van der Waals surface area contributed by atoms with Crippen LogP contribution in [0.25, 0.3) is 0 Å². The molecule has 25 heavy (non-hydrogen) atoms. The number of methoxy groups -OCH3 is 1. The average Bonchev–Trinajstić information content (AvgIpc) is 2.55. The van der Waals surface area contributed by atoms with Gasteiger partial charge in [-0.2, -0.15) is 0 Å². The van der Waals surface area contributed by atoms with Gasteiger partial charge in [0.2, 0.25) is 0 Å². The van der Waals surface area contributed by atoms with Gasteiger partial charge in [0.1, 0.15) is 18.2 Å². The van der Waals surface area contributed by atoms with Crippen molar-refractivity contribution >= 4 is 18.0 Å². The summed E-state index contributed by atoms with van der Waals surface area (Å²) in [6.07, 6.45) is -0.735. The molecule has 0 aromatic heterocycles. The molecule has 0 fully saturated rings. The van der Waals surface area contributed by atoms with Crippen LogP contribution in [-0.2, 0) is 30.4 Å². The minimum Gasteiger partial charge on any atom is -0.467 e. The highest BCUT2D eigenvalue weighted by Gasteiger charge is 2.25. The second kappa shape index (κ2) is 9.66. The fourth-order valence-electron chi connectivity index (χ4n) is 1.95. The van der Waals surface area contributed by atoms with Crippen LogP contribution in [0.4, 0.5) is 4.79 Å². The summed E-state index contributed by atoms with van der Waals surface area (Å²) in [7, 11) is 1.21. The summed E-state index contributed by atoms with van der Waals surface area (Å²) < 4.78 is 14.9. The Bertz CT molecular complexity index is 579. The fraction of sp³-hybridized carbons (Fsp3) is 0.500. The molecule has 0 bridgehead atoms. The Balaban J connectivity index is 2.50. The Morgan fingerprint density at radius 1 is 1.12 bits per heavy atom. The van der Waals surface area contributed by atoms with Gasteiger partial charge in [0.15, 0.2) is 0 Å². The lowest BCUT2D eigenvalue weighted by Crippen LogP contribution is -2.42. The molecule has 1 N–H and O–H groups in total. The standard InChI is InChI=1S/C18H25NO6/c1-18(2,3)25-15(20)11-10-14(16(21)23-4)19-17(22)24-12-13-8-6-5-7-9-13/h5-9,14H,10-12H2,1-4H3,(H,19,22). The van der Waals surface area contributed by atoms with Crippen LogP contribution in [0.1, 0.15) is 39.2 Å². The van der Waals surface area contributed by atoms with E-state index in [1.54, 1.807) is 20.8 Å². The highest BCUT2D eigenvalue weighted by molar-refractivity contribution is 5.82. The Hall–Kier alpha value is -2.57. The number of hydrogen-bond donors (Lipinski definition) is 1. The number of rotatable bonds is 7. The molecule has 0 saturated carbocycles. The lowest BCUT2D eigenvalue weighted by molar-refractivity contribution is -0.155. The van der Waals surface area contributed by atoms with Crippen LogP contribution in [0.3, 0.4) is 0 Å². The number of carbonyl (C=O) groups is 3. The van der Waals surface area contributed by atoms with Gasteiger partial charge < -0.3 is 19.5 Å². The number of alkyl carbamates (subject to hydrolysis) is 1. The summed E-state index contributed by atoms with van der Waals surface area (Å²) in [4.78, 5) is 35.4. The molecule has 1 atom stereocenters. The lowest BCUT2D eigenvalue weighted by Gasteiger charge is -2.20.